The van der Waals surface area contributed by atoms with Crippen molar-refractivity contribution >= 4 is 17.3 Å². The van der Waals surface area contributed by atoms with Crippen molar-refractivity contribution < 1.29 is 9.59 Å². The average Bonchev–Trinajstić information content (AvgIpc) is 2.73. The molecule has 2 aromatic rings. The second-order valence-electron chi connectivity index (χ2n) is 6.77. The number of carbonyl (C=O) groups is 2. The number of nitrogens with one attached hydrogen (secondary N) is 1. The van der Waals surface area contributed by atoms with Gasteiger partial charge in [-0.1, -0.05) is 43.3 Å². The number of rotatable bonds is 4. The molecule has 2 aliphatic carbocycles. The Morgan fingerprint density at radius 3 is 1.96 bits per heavy atom. The number of ketones is 2. The quantitative estimate of drug-likeness (QED) is 0.853. The summed E-state index contributed by atoms with van der Waals surface area (Å²) in [7, 11) is 0. The van der Waals surface area contributed by atoms with Gasteiger partial charge >= 0.3 is 0 Å². The molecule has 0 heterocycles. The summed E-state index contributed by atoms with van der Waals surface area (Å²) in [6.07, 6.45) is 6.96. The predicted octanol–water partition coefficient (Wildman–Crippen LogP) is 4.07. The molecule has 4 heteroatoms. The zero-order valence-corrected chi connectivity index (χ0v) is 15.5. The molecular formula is C24H20N2O2. The van der Waals surface area contributed by atoms with E-state index in [0.717, 1.165) is 23.2 Å². The number of aryl methyl sites for hydroxylation is 1. The second kappa shape index (κ2) is 7.16. The van der Waals surface area contributed by atoms with Gasteiger partial charge in [0.25, 0.3) is 0 Å². The summed E-state index contributed by atoms with van der Waals surface area (Å²) in [4.78, 5) is 24.5. The van der Waals surface area contributed by atoms with Crippen LogP contribution in [-0.4, -0.2) is 11.6 Å². The molecule has 138 valence electrons. The Bertz CT molecular complexity index is 1080. The van der Waals surface area contributed by atoms with E-state index in [2.05, 4.69) is 36.5 Å². The predicted molar refractivity (Wildman–Crippen MR) is 111 cm³/mol. The lowest BCUT2D eigenvalue weighted by Gasteiger charge is -2.21. The maximum atomic E-state index is 12.4. The number of nitrogens with two attached hydrogens (primary N) is 1. The molecule has 4 nitrogen and oxygen atoms in total. The molecule has 0 spiro atoms. The third kappa shape index (κ3) is 3.21. The summed E-state index contributed by atoms with van der Waals surface area (Å²) in [6.45, 7) is 2.14. The van der Waals surface area contributed by atoms with Gasteiger partial charge in [-0.2, -0.15) is 0 Å². The van der Waals surface area contributed by atoms with Crippen molar-refractivity contribution in [2.75, 3.05) is 5.32 Å². The van der Waals surface area contributed by atoms with Crippen molar-refractivity contribution in [3.63, 3.8) is 0 Å². The van der Waals surface area contributed by atoms with Crippen molar-refractivity contribution in [2.45, 2.75) is 13.3 Å². The topological polar surface area (TPSA) is 72.2 Å². The van der Waals surface area contributed by atoms with E-state index in [9.17, 15) is 9.59 Å². The van der Waals surface area contributed by atoms with E-state index in [-0.39, 0.29) is 17.1 Å². The fourth-order valence-corrected chi connectivity index (χ4v) is 3.40. The van der Waals surface area contributed by atoms with Crippen LogP contribution in [0.5, 0.6) is 0 Å². The first kappa shape index (κ1) is 17.7. The van der Waals surface area contributed by atoms with Crippen LogP contribution in [0.3, 0.4) is 0 Å². The van der Waals surface area contributed by atoms with Crippen molar-refractivity contribution in [2.24, 2.45) is 5.73 Å². The van der Waals surface area contributed by atoms with Gasteiger partial charge in [0.05, 0.1) is 16.8 Å². The first-order valence-electron chi connectivity index (χ1n) is 9.22. The van der Waals surface area contributed by atoms with Crippen LogP contribution in [-0.2, 0) is 16.0 Å². The number of hydrogen-bond acceptors (Lipinski definition) is 4. The molecule has 0 saturated carbocycles. The second-order valence-corrected chi connectivity index (χ2v) is 6.77. The van der Waals surface area contributed by atoms with Gasteiger partial charge in [-0.15, -0.1) is 0 Å². The molecule has 0 amide bonds. The van der Waals surface area contributed by atoms with E-state index < -0.39 is 0 Å². The average molecular weight is 368 g/mol. The Morgan fingerprint density at radius 1 is 0.750 bits per heavy atom. The molecule has 28 heavy (non-hydrogen) atoms. The van der Waals surface area contributed by atoms with Crippen LogP contribution >= 0.6 is 0 Å². The minimum atomic E-state index is -0.248. The summed E-state index contributed by atoms with van der Waals surface area (Å²) >= 11 is 0. The number of fused-ring (bicyclic) bond motifs is 1. The van der Waals surface area contributed by atoms with E-state index in [4.69, 9.17) is 5.73 Å². The van der Waals surface area contributed by atoms with Gasteiger partial charge in [-0.25, -0.2) is 0 Å². The highest BCUT2D eigenvalue weighted by Crippen LogP contribution is 2.30. The molecular weight excluding hydrogens is 348 g/mol. The highest BCUT2D eigenvalue weighted by molar-refractivity contribution is 6.23. The van der Waals surface area contributed by atoms with Gasteiger partial charge in [0, 0.05) is 11.4 Å². The number of anilines is 1. The van der Waals surface area contributed by atoms with Crippen molar-refractivity contribution in [1.29, 1.82) is 0 Å². The van der Waals surface area contributed by atoms with E-state index in [1.54, 1.807) is 6.08 Å². The molecule has 0 saturated heterocycles. The van der Waals surface area contributed by atoms with E-state index >= 15 is 0 Å². The van der Waals surface area contributed by atoms with Crippen LogP contribution in [0, 0.1) is 0 Å². The molecule has 0 radical (unpaired) electrons. The van der Waals surface area contributed by atoms with Crippen LogP contribution in [0.25, 0.3) is 11.1 Å². The zero-order chi connectivity index (χ0) is 19.7. The normalized spacial score (nSPS) is 15.9. The van der Waals surface area contributed by atoms with E-state index in [1.807, 2.05) is 24.3 Å². The van der Waals surface area contributed by atoms with E-state index in [1.165, 1.54) is 23.8 Å². The molecule has 0 unspecified atom stereocenters. The van der Waals surface area contributed by atoms with Gasteiger partial charge in [0.15, 0.2) is 11.6 Å². The zero-order valence-electron chi connectivity index (χ0n) is 15.5. The Balaban J connectivity index is 1.62. The van der Waals surface area contributed by atoms with Gasteiger partial charge in [-0.05, 0) is 59.5 Å². The Morgan fingerprint density at radius 2 is 1.32 bits per heavy atom. The smallest absolute Gasteiger partial charge is 0.188 e. The number of benzene rings is 2. The first-order valence-corrected chi connectivity index (χ1v) is 9.22. The fraction of sp³-hybridized carbons (Fsp3) is 0.0833. The van der Waals surface area contributed by atoms with Crippen molar-refractivity contribution in [3.05, 3.63) is 101 Å². The van der Waals surface area contributed by atoms with Crippen LogP contribution in [0.15, 0.2) is 95.4 Å². The lowest BCUT2D eigenvalue weighted by molar-refractivity contribution is -0.114. The van der Waals surface area contributed by atoms with Crippen molar-refractivity contribution in [1.82, 2.24) is 0 Å². The lowest BCUT2D eigenvalue weighted by Crippen LogP contribution is -2.24. The monoisotopic (exact) mass is 368 g/mol. The summed E-state index contributed by atoms with van der Waals surface area (Å²) in [5.41, 5.74) is 11.8. The molecule has 0 aromatic heterocycles. The van der Waals surface area contributed by atoms with Gasteiger partial charge in [0.2, 0.25) is 0 Å². The number of carbonyl (C=O) groups excluding carboxylic acids is 2. The summed E-state index contributed by atoms with van der Waals surface area (Å²) < 4.78 is 0. The Labute approximate surface area is 163 Å². The maximum absolute atomic E-state index is 12.4. The third-order valence-corrected chi connectivity index (χ3v) is 4.98. The molecule has 3 N–H and O–H groups in total. The van der Waals surface area contributed by atoms with Gasteiger partial charge in [-0.3, -0.25) is 9.59 Å². The SMILES string of the molecule is CCc1ccc(-c2ccc(NC3=C4C(=O)C=CC(N)=C4C(=O)C=C3)cc2)cc1. The van der Waals surface area contributed by atoms with Crippen LogP contribution < -0.4 is 11.1 Å². The Hall–Kier alpha value is -3.66. The summed E-state index contributed by atoms with van der Waals surface area (Å²) in [5.74, 6) is -0.473. The third-order valence-electron chi connectivity index (χ3n) is 4.98. The van der Waals surface area contributed by atoms with Crippen LogP contribution in [0.1, 0.15) is 12.5 Å². The highest BCUT2D eigenvalue weighted by Gasteiger charge is 2.29. The number of allylic oxidation sites excluding steroid dienone is 6. The minimum absolute atomic E-state index is 0.225. The molecule has 2 aliphatic rings. The largest absolute Gasteiger partial charge is 0.398 e. The molecule has 0 fully saturated rings. The lowest BCUT2D eigenvalue weighted by atomic mass is 9.86. The molecule has 0 bridgehead atoms. The fourth-order valence-electron chi connectivity index (χ4n) is 3.40. The van der Waals surface area contributed by atoms with Crippen LogP contribution in [0.4, 0.5) is 5.69 Å². The standard InChI is InChI=1S/C24H20N2O2/c1-2-15-3-5-16(6-4-15)17-7-9-18(10-8-17)26-20-12-14-21(27)23-19(25)11-13-22(28)24(20)23/h3-14,26H,2,25H2,1H3. The van der Waals surface area contributed by atoms with E-state index in [0.29, 0.717) is 17.0 Å². The summed E-state index contributed by atoms with van der Waals surface area (Å²) in [6, 6.07) is 16.5. The molecule has 2 aromatic carbocycles. The van der Waals surface area contributed by atoms with Crippen molar-refractivity contribution in [3.8, 4) is 11.1 Å². The molecule has 4 rings (SSSR count). The summed E-state index contributed by atoms with van der Waals surface area (Å²) in [5, 5.41) is 3.24. The highest BCUT2D eigenvalue weighted by atomic mass is 16.1. The van der Waals surface area contributed by atoms with Crippen LogP contribution in [0.2, 0.25) is 0 Å². The van der Waals surface area contributed by atoms with Gasteiger partial charge in [0.1, 0.15) is 0 Å². The molecule has 0 atom stereocenters. The molecule has 0 aliphatic heterocycles. The minimum Gasteiger partial charge on any atom is -0.398 e. The van der Waals surface area contributed by atoms with Gasteiger partial charge < -0.3 is 11.1 Å². The Kier molecular flexibility index (Phi) is 4.53. The maximum Gasteiger partial charge on any atom is 0.188 e. The number of hydrogen-bond donors (Lipinski definition) is 2. The first-order chi connectivity index (χ1) is 13.6.